The van der Waals surface area contributed by atoms with E-state index in [1.807, 2.05) is 6.92 Å². The topological polar surface area (TPSA) is 67.4 Å². The normalized spacial score (nSPS) is 18.1. The number of carbonyl (C=O) groups is 2. The molecule has 1 atom stereocenters. The molecular weight excluding hydrogens is 232 g/mol. The summed E-state index contributed by atoms with van der Waals surface area (Å²) in [5.41, 5.74) is 0. The van der Waals surface area contributed by atoms with Crippen molar-refractivity contribution in [1.29, 1.82) is 0 Å². The highest BCUT2D eigenvalue weighted by Crippen LogP contribution is 2.23. The first-order valence-electron chi connectivity index (χ1n) is 6.69. The molecule has 1 unspecified atom stereocenters. The molecule has 0 aromatic heterocycles. The summed E-state index contributed by atoms with van der Waals surface area (Å²) in [6.07, 6.45) is 5.37. The van der Waals surface area contributed by atoms with Crippen molar-refractivity contribution in [2.45, 2.75) is 45.1 Å². The third-order valence-corrected chi connectivity index (χ3v) is 3.22. The maximum Gasteiger partial charge on any atom is 0.239 e. The van der Waals surface area contributed by atoms with E-state index < -0.39 is 0 Å². The van der Waals surface area contributed by atoms with Crippen molar-refractivity contribution in [2.24, 2.45) is 5.92 Å². The Kier molecular flexibility index (Phi) is 6.72. The Labute approximate surface area is 109 Å². The number of amides is 2. The molecule has 0 saturated heterocycles. The molecule has 1 aliphatic rings. The SMILES string of the molecule is COCC(C)NC(=O)CNC(=O)C1CCCCC1. The van der Waals surface area contributed by atoms with Crippen LogP contribution in [0.1, 0.15) is 39.0 Å². The number of carbonyl (C=O) groups excluding carboxylic acids is 2. The van der Waals surface area contributed by atoms with Gasteiger partial charge in [0.05, 0.1) is 13.2 Å². The zero-order valence-corrected chi connectivity index (χ0v) is 11.3. The average Bonchev–Trinajstić information content (AvgIpc) is 2.37. The Bertz CT molecular complexity index is 275. The molecule has 1 rings (SSSR count). The predicted molar refractivity (Wildman–Crippen MR) is 69.1 cm³/mol. The van der Waals surface area contributed by atoms with Gasteiger partial charge in [0.2, 0.25) is 11.8 Å². The van der Waals surface area contributed by atoms with Gasteiger partial charge in [0, 0.05) is 19.1 Å². The van der Waals surface area contributed by atoms with Gasteiger partial charge in [-0.3, -0.25) is 9.59 Å². The summed E-state index contributed by atoms with van der Waals surface area (Å²) in [4.78, 5) is 23.3. The van der Waals surface area contributed by atoms with Crippen LogP contribution in [0.2, 0.25) is 0 Å². The Hall–Kier alpha value is -1.10. The van der Waals surface area contributed by atoms with Crippen LogP contribution >= 0.6 is 0 Å². The highest BCUT2D eigenvalue weighted by Gasteiger charge is 2.21. The van der Waals surface area contributed by atoms with Gasteiger partial charge in [-0.1, -0.05) is 19.3 Å². The van der Waals surface area contributed by atoms with Crippen molar-refractivity contribution in [1.82, 2.24) is 10.6 Å². The molecule has 5 heteroatoms. The lowest BCUT2D eigenvalue weighted by Crippen LogP contribution is -2.44. The Morgan fingerprint density at radius 1 is 1.28 bits per heavy atom. The van der Waals surface area contributed by atoms with E-state index in [4.69, 9.17) is 4.74 Å². The molecule has 1 saturated carbocycles. The predicted octanol–water partition coefficient (Wildman–Crippen LogP) is 0.834. The highest BCUT2D eigenvalue weighted by atomic mass is 16.5. The van der Waals surface area contributed by atoms with Crippen LogP contribution in [0.5, 0.6) is 0 Å². The molecule has 5 nitrogen and oxygen atoms in total. The summed E-state index contributed by atoms with van der Waals surface area (Å²) in [7, 11) is 1.59. The average molecular weight is 256 g/mol. The summed E-state index contributed by atoms with van der Waals surface area (Å²) in [6.45, 7) is 2.40. The second-order valence-electron chi connectivity index (χ2n) is 4.98. The van der Waals surface area contributed by atoms with Gasteiger partial charge in [0.1, 0.15) is 0 Å². The number of ether oxygens (including phenoxy) is 1. The van der Waals surface area contributed by atoms with Crippen molar-refractivity contribution < 1.29 is 14.3 Å². The van der Waals surface area contributed by atoms with Gasteiger partial charge in [0.15, 0.2) is 0 Å². The van der Waals surface area contributed by atoms with Gasteiger partial charge in [-0.2, -0.15) is 0 Å². The lowest BCUT2D eigenvalue weighted by molar-refractivity contribution is -0.129. The minimum Gasteiger partial charge on any atom is -0.383 e. The van der Waals surface area contributed by atoms with Crippen molar-refractivity contribution in [3.8, 4) is 0 Å². The van der Waals surface area contributed by atoms with Crippen LogP contribution in [0, 0.1) is 5.92 Å². The molecule has 1 aliphatic carbocycles. The van der Waals surface area contributed by atoms with Crippen LogP contribution in [0.3, 0.4) is 0 Å². The van der Waals surface area contributed by atoms with Crippen LogP contribution < -0.4 is 10.6 Å². The van der Waals surface area contributed by atoms with E-state index in [1.165, 1.54) is 6.42 Å². The minimum absolute atomic E-state index is 0.0178. The zero-order chi connectivity index (χ0) is 13.4. The first-order chi connectivity index (χ1) is 8.63. The van der Waals surface area contributed by atoms with Crippen molar-refractivity contribution in [3.05, 3.63) is 0 Å². The van der Waals surface area contributed by atoms with E-state index in [2.05, 4.69) is 10.6 Å². The van der Waals surface area contributed by atoms with Crippen molar-refractivity contribution in [2.75, 3.05) is 20.3 Å². The third kappa shape index (κ3) is 5.49. The fraction of sp³-hybridized carbons (Fsp3) is 0.846. The fourth-order valence-corrected chi connectivity index (χ4v) is 2.29. The summed E-state index contributed by atoms with van der Waals surface area (Å²) in [6, 6.07) is -0.0333. The molecule has 18 heavy (non-hydrogen) atoms. The number of hydrogen-bond donors (Lipinski definition) is 2. The second-order valence-corrected chi connectivity index (χ2v) is 4.98. The molecule has 0 spiro atoms. The summed E-state index contributed by atoms with van der Waals surface area (Å²) < 4.78 is 4.92. The van der Waals surface area contributed by atoms with E-state index in [-0.39, 0.29) is 30.3 Å². The summed E-state index contributed by atoms with van der Waals surface area (Å²) in [5.74, 6) is -0.0455. The zero-order valence-electron chi connectivity index (χ0n) is 11.3. The van der Waals surface area contributed by atoms with Crippen LogP contribution in [-0.4, -0.2) is 38.1 Å². The molecule has 2 N–H and O–H groups in total. The summed E-state index contributed by atoms with van der Waals surface area (Å²) in [5, 5.41) is 5.47. The molecule has 0 heterocycles. The van der Waals surface area contributed by atoms with Gasteiger partial charge in [-0.25, -0.2) is 0 Å². The van der Waals surface area contributed by atoms with Crippen LogP contribution in [-0.2, 0) is 14.3 Å². The van der Waals surface area contributed by atoms with Crippen LogP contribution in [0.25, 0.3) is 0 Å². The first-order valence-corrected chi connectivity index (χ1v) is 6.69. The largest absolute Gasteiger partial charge is 0.383 e. The lowest BCUT2D eigenvalue weighted by Gasteiger charge is -2.20. The first kappa shape index (κ1) is 15.0. The molecular formula is C13H24N2O3. The van der Waals surface area contributed by atoms with E-state index in [0.717, 1.165) is 25.7 Å². The molecule has 2 amide bonds. The fourth-order valence-electron chi connectivity index (χ4n) is 2.29. The summed E-state index contributed by atoms with van der Waals surface area (Å²) >= 11 is 0. The molecule has 1 fully saturated rings. The van der Waals surface area contributed by atoms with E-state index in [9.17, 15) is 9.59 Å². The van der Waals surface area contributed by atoms with E-state index >= 15 is 0 Å². The Morgan fingerprint density at radius 2 is 1.94 bits per heavy atom. The molecule has 0 aromatic carbocycles. The smallest absolute Gasteiger partial charge is 0.239 e. The van der Waals surface area contributed by atoms with E-state index in [0.29, 0.717) is 6.61 Å². The molecule has 0 aromatic rings. The Morgan fingerprint density at radius 3 is 2.56 bits per heavy atom. The number of hydrogen-bond acceptors (Lipinski definition) is 3. The van der Waals surface area contributed by atoms with Crippen molar-refractivity contribution in [3.63, 3.8) is 0 Å². The van der Waals surface area contributed by atoms with E-state index in [1.54, 1.807) is 7.11 Å². The number of rotatable bonds is 6. The lowest BCUT2D eigenvalue weighted by atomic mass is 9.89. The van der Waals surface area contributed by atoms with Crippen molar-refractivity contribution >= 4 is 11.8 Å². The maximum absolute atomic E-state index is 11.8. The van der Waals surface area contributed by atoms with Gasteiger partial charge >= 0.3 is 0 Å². The van der Waals surface area contributed by atoms with Gasteiger partial charge in [-0.05, 0) is 19.8 Å². The molecule has 0 bridgehead atoms. The number of nitrogens with one attached hydrogen (secondary N) is 2. The molecule has 0 radical (unpaired) electrons. The maximum atomic E-state index is 11.8. The van der Waals surface area contributed by atoms with Crippen LogP contribution in [0.15, 0.2) is 0 Å². The van der Waals surface area contributed by atoms with Crippen LogP contribution in [0.4, 0.5) is 0 Å². The molecule has 0 aliphatic heterocycles. The van der Waals surface area contributed by atoms with Gasteiger partial charge < -0.3 is 15.4 Å². The van der Waals surface area contributed by atoms with Gasteiger partial charge in [0.25, 0.3) is 0 Å². The van der Waals surface area contributed by atoms with Gasteiger partial charge in [-0.15, -0.1) is 0 Å². The molecule has 104 valence electrons. The minimum atomic E-state index is -0.163. The highest BCUT2D eigenvalue weighted by molar-refractivity contribution is 5.85. The third-order valence-electron chi connectivity index (χ3n) is 3.22. The quantitative estimate of drug-likeness (QED) is 0.740. The Balaban J connectivity index is 2.18. The standard InChI is InChI=1S/C13H24N2O3/c1-10(9-18-2)15-12(16)8-14-13(17)11-6-4-3-5-7-11/h10-11H,3-9H2,1-2H3,(H,14,17)(H,15,16). The monoisotopic (exact) mass is 256 g/mol. The second kappa shape index (κ2) is 8.08. The number of methoxy groups -OCH3 is 1.